The maximum absolute atomic E-state index is 8.88. The molecule has 0 aliphatic carbocycles. The van der Waals surface area contributed by atoms with Gasteiger partial charge in [0.05, 0.1) is 0 Å². The van der Waals surface area contributed by atoms with E-state index in [0.29, 0.717) is 0 Å². The van der Waals surface area contributed by atoms with E-state index in [4.69, 9.17) is 35.2 Å². The average Bonchev–Trinajstić information content (AvgIpc) is 1.12. The van der Waals surface area contributed by atoms with Crippen molar-refractivity contribution in [1.29, 1.82) is 0 Å². The molecule has 0 radical (unpaired) electrons. The maximum atomic E-state index is 8.88. The molecule has 17 heteroatoms. The summed E-state index contributed by atoms with van der Waals surface area (Å²) in [6.45, 7) is 0. The second-order valence-corrected chi connectivity index (χ2v) is 3.39. The van der Waals surface area contributed by atoms with Crippen LogP contribution in [0, 0.1) is 0 Å². The van der Waals surface area contributed by atoms with Crippen LogP contribution in [0.3, 0.4) is 0 Å². The summed E-state index contributed by atoms with van der Waals surface area (Å²) in [5, 5.41) is 0. The summed E-state index contributed by atoms with van der Waals surface area (Å²) in [4.78, 5) is 21.6. The van der Waals surface area contributed by atoms with Crippen LogP contribution in [0.25, 0.3) is 0 Å². The Morgan fingerprint density at radius 1 is 0.706 bits per heavy atom. The van der Waals surface area contributed by atoms with Gasteiger partial charge in [0.1, 0.15) is 0 Å². The molecule has 0 atom stereocenters. The van der Waals surface area contributed by atoms with E-state index < -0.39 is 21.4 Å². The predicted octanol–water partition coefficient (Wildman–Crippen LogP) is -1.16. The van der Waals surface area contributed by atoms with Gasteiger partial charge in [-0.1, -0.05) is 0 Å². The molecular formula is H24CrFN6O8P. The molecular weight excluding hydrogens is 314 g/mol. The molecule has 0 saturated carbocycles. The van der Waals surface area contributed by atoms with E-state index in [1.165, 1.54) is 0 Å². The third-order valence-corrected chi connectivity index (χ3v) is 0. The average molecular weight is 338 g/mol. The third-order valence-electron chi connectivity index (χ3n) is 0. The summed E-state index contributed by atoms with van der Waals surface area (Å²) < 4.78 is 40.8. The van der Waals surface area contributed by atoms with Crippen molar-refractivity contribution < 1.29 is 53.5 Å². The molecule has 14 nitrogen and oxygen atoms in total. The van der Waals surface area contributed by atoms with Crippen molar-refractivity contribution in [3.8, 4) is 0 Å². The SMILES string of the molecule is F.N.N.N.N.N.N.O=P(O)(O)O.[O]=[Cr](=[O])([OH])[OH]. The van der Waals surface area contributed by atoms with E-state index in [9.17, 15) is 0 Å². The van der Waals surface area contributed by atoms with Crippen molar-refractivity contribution in [2.75, 3.05) is 0 Å². The van der Waals surface area contributed by atoms with Gasteiger partial charge in [-0.3, -0.25) is 4.70 Å². The second-order valence-electron chi connectivity index (χ2n) is 0.961. The van der Waals surface area contributed by atoms with Gasteiger partial charge < -0.3 is 51.6 Å². The van der Waals surface area contributed by atoms with E-state index in [2.05, 4.69) is 0 Å². The Morgan fingerprint density at radius 2 is 0.706 bits per heavy atom. The molecule has 23 N–H and O–H groups in total. The van der Waals surface area contributed by atoms with Crippen LogP contribution in [0.2, 0.25) is 0 Å². The van der Waals surface area contributed by atoms with Gasteiger partial charge in [-0.15, -0.1) is 0 Å². The fourth-order valence-corrected chi connectivity index (χ4v) is 0. The Labute approximate surface area is 98.9 Å². The number of halogens is 1. The minimum absolute atomic E-state index is 0. The number of hydrogen-bond acceptors (Lipinski definition) is 9. The fourth-order valence-electron chi connectivity index (χ4n) is 0. The quantitative estimate of drug-likeness (QED) is 0.232. The zero-order valence-corrected chi connectivity index (χ0v) is 11.1. The van der Waals surface area contributed by atoms with Gasteiger partial charge in [0.2, 0.25) is 0 Å². The fraction of sp³-hybridized carbons (Fsp3) is 0. The molecule has 0 amide bonds. The molecule has 0 fully saturated rings. The van der Waals surface area contributed by atoms with Crippen LogP contribution < -0.4 is 36.9 Å². The number of phosphoric acid groups is 1. The summed E-state index contributed by atoms with van der Waals surface area (Å²) in [7, 11) is -4.64. The van der Waals surface area contributed by atoms with Crippen LogP contribution in [-0.4, -0.2) is 23.0 Å². The molecule has 0 saturated heterocycles. The van der Waals surface area contributed by atoms with Crippen LogP contribution >= 0.6 is 7.82 Å². The summed E-state index contributed by atoms with van der Waals surface area (Å²) in [6.07, 6.45) is 0. The first-order valence-electron chi connectivity index (χ1n) is 1.48. The van der Waals surface area contributed by atoms with E-state index in [0.717, 1.165) is 0 Å². The molecule has 0 aromatic rings. The zero-order chi connectivity index (χ0) is 9.00. The first kappa shape index (κ1) is 68.7. The molecule has 0 aromatic heterocycles. The van der Waals surface area contributed by atoms with Gasteiger partial charge in [0, 0.05) is 0 Å². The van der Waals surface area contributed by atoms with Crippen LogP contribution in [0.5, 0.6) is 0 Å². The standard InChI is InChI=1S/Cr.FH.6H3N.H3O4P.2H2O.2O/c;;;;;;;;1-5(2,3)4;;;;/h;1H;6*1H3;(H3,1,2,3,4);2*1H2;;/q+2;;;;;;;;;;;;/p-2. The van der Waals surface area contributed by atoms with Crippen molar-refractivity contribution in [3.63, 3.8) is 0 Å². The van der Waals surface area contributed by atoms with Crippen molar-refractivity contribution in [3.05, 3.63) is 0 Å². The zero-order valence-electron chi connectivity index (χ0n) is 8.97. The van der Waals surface area contributed by atoms with Crippen LogP contribution in [0.4, 0.5) is 4.70 Å². The van der Waals surface area contributed by atoms with Gasteiger partial charge >= 0.3 is 37.4 Å². The Balaban J connectivity index is -0.00000000762. The van der Waals surface area contributed by atoms with Gasteiger partial charge in [0.15, 0.2) is 0 Å². The normalized spacial score (nSPS) is 6.88. The van der Waals surface area contributed by atoms with Crippen LogP contribution in [0.15, 0.2) is 0 Å². The van der Waals surface area contributed by atoms with E-state index in [1.54, 1.807) is 0 Å². The minimum atomic E-state index is -5.25. The van der Waals surface area contributed by atoms with Crippen LogP contribution in [0.1, 0.15) is 0 Å². The molecule has 0 aliphatic heterocycles. The Kier molecular flexibility index (Phi) is 101. The van der Waals surface area contributed by atoms with Crippen molar-refractivity contribution in [1.82, 2.24) is 36.9 Å². The molecule has 0 spiro atoms. The van der Waals surface area contributed by atoms with Gasteiger partial charge in [-0.2, -0.15) is 0 Å². The van der Waals surface area contributed by atoms with Crippen molar-refractivity contribution >= 4 is 7.82 Å². The molecule has 120 valence electrons. The van der Waals surface area contributed by atoms with Crippen molar-refractivity contribution in [2.45, 2.75) is 0 Å². The summed E-state index contributed by atoms with van der Waals surface area (Å²) in [6, 6.07) is 0. The monoisotopic (exact) mass is 338 g/mol. The van der Waals surface area contributed by atoms with Gasteiger partial charge in [-0.25, -0.2) is 4.57 Å². The number of hydrogen-bond donors (Lipinski definition) is 11. The van der Waals surface area contributed by atoms with E-state index in [-0.39, 0.29) is 41.6 Å². The first-order valence-corrected chi connectivity index (χ1v) is 5.23. The molecule has 0 heterocycles. The molecule has 0 rings (SSSR count). The topological polar surface area (TPSA) is 362 Å². The molecule has 0 aromatic carbocycles. The van der Waals surface area contributed by atoms with Crippen molar-refractivity contribution in [2.24, 2.45) is 0 Å². The third kappa shape index (κ3) is 140000. The Hall–Kier alpha value is -0.148. The molecule has 0 bridgehead atoms. The molecule has 0 aliphatic rings. The first-order chi connectivity index (χ1) is 4.00. The summed E-state index contributed by atoms with van der Waals surface area (Å²) in [5.74, 6) is 0. The Morgan fingerprint density at radius 3 is 0.706 bits per heavy atom. The Bertz CT molecular complexity index is 208. The summed E-state index contributed by atoms with van der Waals surface area (Å²) in [5.41, 5.74) is 0. The van der Waals surface area contributed by atoms with Gasteiger partial charge in [0.25, 0.3) is 0 Å². The second kappa shape index (κ2) is 24.9. The van der Waals surface area contributed by atoms with E-state index in [1.807, 2.05) is 0 Å². The molecule has 0 unspecified atom stereocenters. The van der Waals surface area contributed by atoms with Crippen LogP contribution in [-0.2, 0) is 25.8 Å². The predicted molar refractivity (Wildman–Crippen MR) is 52.7 cm³/mol. The van der Waals surface area contributed by atoms with E-state index >= 15 is 0 Å². The molecule has 17 heavy (non-hydrogen) atoms. The summed E-state index contributed by atoms with van der Waals surface area (Å²) >= 11 is -5.25. The van der Waals surface area contributed by atoms with Gasteiger partial charge in [-0.05, 0) is 0 Å². The number of rotatable bonds is 0.